The van der Waals surface area contributed by atoms with Crippen LogP contribution in [0.3, 0.4) is 0 Å². The molecule has 1 aliphatic rings. The molecule has 21 heavy (non-hydrogen) atoms. The van der Waals surface area contributed by atoms with Gasteiger partial charge in [0.05, 0.1) is 0 Å². The molecule has 0 aromatic heterocycles. The third-order valence-electron chi connectivity index (χ3n) is 3.64. The second-order valence-electron chi connectivity index (χ2n) is 7.70. The van der Waals surface area contributed by atoms with Crippen LogP contribution < -0.4 is 0 Å². The van der Waals surface area contributed by atoms with Crippen LogP contribution in [0.1, 0.15) is 61.3 Å². The maximum absolute atomic E-state index is 11.6. The smallest absolute Gasteiger partial charge is 0.308 e. The first-order valence-electron chi connectivity index (χ1n) is 7.58. The minimum atomic E-state index is -0.256. The van der Waals surface area contributed by atoms with E-state index in [1.54, 1.807) is 0 Å². The summed E-state index contributed by atoms with van der Waals surface area (Å²) >= 11 is 0. The van der Waals surface area contributed by atoms with E-state index in [2.05, 4.69) is 54.5 Å². The second-order valence-corrected chi connectivity index (χ2v) is 7.70. The SMILES string of the molecule is C=CCC1=C(C(C)(C)C)C(OC(C)=O)=C(C(C)(C)C)C[CH]1. The van der Waals surface area contributed by atoms with Crippen molar-refractivity contribution in [3.63, 3.8) is 0 Å². The maximum Gasteiger partial charge on any atom is 0.308 e. The van der Waals surface area contributed by atoms with Gasteiger partial charge in [-0.1, -0.05) is 53.2 Å². The molecule has 0 bridgehead atoms. The number of ether oxygens (including phenoxy) is 1. The molecule has 0 saturated carbocycles. The van der Waals surface area contributed by atoms with E-state index in [9.17, 15) is 4.79 Å². The van der Waals surface area contributed by atoms with Crippen molar-refractivity contribution in [2.45, 2.75) is 61.3 Å². The molecule has 2 nitrogen and oxygen atoms in total. The number of hydrogen-bond acceptors (Lipinski definition) is 2. The van der Waals surface area contributed by atoms with Gasteiger partial charge in [0.1, 0.15) is 5.76 Å². The average Bonchev–Trinajstić information content (AvgIpc) is 2.25. The Hall–Kier alpha value is -1.31. The minimum Gasteiger partial charge on any atom is -0.426 e. The minimum absolute atomic E-state index is 0.0303. The molecule has 0 aromatic carbocycles. The lowest BCUT2D eigenvalue weighted by Crippen LogP contribution is -2.25. The van der Waals surface area contributed by atoms with E-state index in [-0.39, 0.29) is 16.8 Å². The molecule has 0 heterocycles. The lowest BCUT2D eigenvalue weighted by Gasteiger charge is -2.36. The van der Waals surface area contributed by atoms with Crippen LogP contribution in [-0.4, -0.2) is 5.97 Å². The molecule has 0 unspecified atom stereocenters. The van der Waals surface area contributed by atoms with Crippen LogP contribution in [0.4, 0.5) is 0 Å². The van der Waals surface area contributed by atoms with Gasteiger partial charge in [-0.2, -0.15) is 0 Å². The average molecular weight is 289 g/mol. The molecule has 0 spiro atoms. The van der Waals surface area contributed by atoms with Crippen molar-refractivity contribution in [1.82, 2.24) is 0 Å². The van der Waals surface area contributed by atoms with Crippen molar-refractivity contribution in [2.24, 2.45) is 10.8 Å². The summed E-state index contributed by atoms with van der Waals surface area (Å²) in [6.45, 7) is 18.3. The van der Waals surface area contributed by atoms with E-state index in [4.69, 9.17) is 4.74 Å². The number of allylic oxidation sites excluding steroid dienone is 4. The van der Waals surface area contributed by atoms with Gasteiger partial charge in [-0.15, -0.1) is 6.58 Å². The highest BCUT2D eigenvalue weighted by Gasteiger charge is 2.35. The Morgan fingerprint density at radius 2 is 1.81 bits per heavy atom. The summed E-state index contributed by atoms with van der Waals surface area (Å²) in [5, 5.41) is 0. The largest absolute Gasteiger partial charge is 0.426 e. The van der Waals surface area contributed by atoms with Gasteiger partial charge in [0.2, 0.25) is 0 Å². The van der Waals surface area contributed by atoms with E-state index >= 15 is 0 Å². The van der Waals surface area contributed by atoms with Crippen molar-refractivity contribution >= 4 is 5.97 Å². The third-order valence-corrected chi connectivity index (χ3v) is 3.64. The van der Waals surface area contributed by atoms with Gasteiger partial charge in [-0.05, 0) is 35.7 Å². The zero-order valence-corrected chi connectivity index (χ0v) is 14.6. The third kappa shape index (κ3) is 4.33. The Bertz CT molecular complexity index is 491. The van der Waals surface area contributed by atoms with Crippen LogP contribution >= 0.6 is 0 Å². The summed E-state index contributed by atoms with van der Waals surface area (Å²) in [6, 6.07) is 0. The van der Waals surface area contributed by atoms with E-state index in [0.717, 1.165) is 24.2 Å². The number of hydrogen-bond donors (Lipinski definition) is 0. The van der Waals surface area contributed by atoms with Crippen LogP contribution in [-0.2, 0) is 9.53 Å². The first-order chi connectivity index (χ1) is 9.48. The summed E-state index contributed by atoms with van der Waals surface area (Å²) in [7, 11) is 0. The summed E-state index contributed by atoms with van der Waals surface area (Å²) in [5.41, 5.74) is 3.43. The van der Waals surface area contributed by atoms with E-state index in [1.807, 2.05) is 6.08 Å². The van der Waals surface area contributed by atoms with E-state index in [0.29, 0.717) is 0 Å². The molecule has 2 heteroatoms. The predicted molar refractivity (Wildman–Crippen MR) is 88.5 cm³/mol. The molecule has 0 aliphatic heterocycles. The molecule has 117 valence electrons. The summed E-state index contributed by atoms with van der Waals surface area (Å²) in [4.78, 5) is 11.6. The Kier molecular flexibility index (Phi) is 5.25. The molecule has 0 fully saturated rings. The Balaban J connectivity index is 3.57. The summed E-state index contributed by atoms with van der Waals surface area (Å²) in [5.74, 6) is 0.523. The van der Waals surface area contributed by atoms with Crippen molar-refractivity contribution in [3.8, 4) is 0 Å². The van der Waals surface area contributed by atoms with Crippen molar-refractivity contribution < 1.29 is 9.53 Å². The zero-order valence-electron chi connectivity index (χ0n) is 14.6. The first-order valence-corrected chi connectivity index (χ1v) is 7.58. The summed E-state index contributed by atoms with van der Waals surface area (Å²) in [6.07, 6.45) is 5.80. The normalized spacial score (nSPS) is 17.1. The quantitative estimate of drug-likeness (QED) is 0.515. The molecule has 0 aromatic rings. The number of carbonyl (C=O) groups excluding carboxylic acids is 1. The van der Waals surface area contributed by atoms with Crippen molar-refractivity contribution in [3.05, 3.63) is 41.6 Å². The topological polar surface area (TPSA) is 26.3 Å². The summed E-state index contributed by atoms with van der Waals surface area (Å²) < 4.78 is 5.67. The number of carbonyl (C=O) groups is 1. The van der Waals surface area contributed by atoms with Gasteiger partial charge >= 0.3 is 5.97 Å². The fraction of sp³-hybridized carbons (Fsp3) is 0.579. The van der Waals surface area contributed by atoms with Crippen LogP contribution in [0.5, 0.6) is 0 Å². The maximum atomic E-state index is 11.6. The van der Waals surface area contributed by atoms with Gasteiger partial charge in [0.25, 0.3) is 0 Å². The predicted octanol–water partition coefficient (Wildman–Crippen LogP) is 5.38. The fourth-order valence-corrected chi connectivity index (χ4v) is 2.78. The number of esters is 1. The van der Waals surface area contributed by atoms with E-state index in [1.165, 1.54) is 18.1 Å². The van der Waals surface area contributed by atoms with Crippen LogP contribution in [0.2, 0.25) is 0 Å². The molecule has 1 aliphatic carbocycles. The second kappa shape index (κ2) is 6.21. The molecule has 0 amide bonds. The highest BCUT2D eigenvalue weighted by Crippen LogP contribution is 2.46. The van der Waals surface area contributed by atoms with Crippen LogP contribution in [0, 0.1) is 17.3 Å². The van der Waals surface area contributed by atoms with Gasteiger partial charge in [-0.3, -0.25) is 4.79 Å². The highest BCUT2D eigenvalue weighted by atomic mass is 16.5. The molecule has 1 radical (unpaired) electrons. The van der Waals surface area contributed by atoms with Crippen LogP contribution in [0.25, 0.3) is 0 Å². The number of rotatable bonds is 3. The monoisotopic (exact) mass is 289 g/mol. The molecular weight excluding hydrogens is 260 g/mol. The molecule has 0 saturated heterocycles. The Morgan fingerprint density at radius 3 is 2.19 bits per heavy atom. The molecule has 0 N–H and O–H groups in total. The van der Waals surface area contributed by atoms with Gasteiger partial charge in [0, 0.05) is 12.5 Å². The fourth-order valence-electron chi connectivity index (χ4n) is 2.78. The molecular formula is C19H29O2. The highest BCUT2D eigenvalue weighted by molar-refractivity contribution is 5.69. The first kappa shape index (κ1) is 17.7. The van der Waals surface area contributed by atoms with E-state index < -0.39 is 0 Å². The van der Waals surface area contributed by atoms with Crippen molar-refractivity contribution in [2.75, 3.05) is 0 Å². The van der Waals surface area contributed by atoms with Gasteiger partial charge < -0.3 is 4.74 Å². The Labute approximate surface area is 130 Å². The molecule has 0 atom stereocenters. The molecule has 1 rings (SSSR count). The van der Waals surface area contributed by atoms with Gasteiger partial charge in [0.15, 0.2) is 0 Å². The standard InChI is InChI=1S/C19H29O2/c1-9-10-14-11-12-15(18(3,4)5)17(21-13(2)20)16(14)19(6,7)8/h9,11H,1,10,12H2,2-8H3. The Morgan fingerprint density at radius 1 is 1.24 bits per heavy atom. The lowest BCUT2D eigenvalue weighted by molar-refractivity contribution is -0.136. The van der Waals surface area contributed by atoms with Gasteiger partial charge in [-0.25, -0.2) is 0 Å². The van der Waals surface area contributed by atoms with Crippen LogP contribution in [0.15, 0.2) is 35.1 Å². The lowest BCUT2D eigenvalue weighted by atomic mass is 9.71. The zero-order chi connectivity index (χ0) is 16.4. The van der Waals surface area contributed by atoms with Crippen molar-refractivity contribution in [1.29, 1.82) is 0 Å².